The molecule has 1 aliphatic heterocycles. The van der Waals surface area contributed by atoms with E-state index in [1.807, 2.05) is 26.0 Å². The highest BCUT2D eigenvalue weighted by atomic mass is 32.2. The molecule has 1 atom stereocenters. The van der Waals surface area contributed by atoms with Crippen LogP contribution >= 0.6 is 0 Å². The molecule has 2 aromatic carbocycles. The fourth-order valence-electron chi connectivity index (χ4n) is 4.80. The van der Waals surface area contributed by atoms with E-state index in [0.717, 1.165) is 16.7 Å². The molecule has 0 saturated carbocycles. The summed E-state index contributed by atoms with van der Waals surface area (Å²) in [6, 6.07) is 8.33. The molecule has 1 fully saturated rings. The third kappa shape index (κ3) is 5.57. The van der Waals surface area contributed by atoms with Crippen molar-refractivity contribution in [1.82, 2.24) is 5.06 Å². The number of nitrogens with zero attached hydrogens (tertiary/aromatic N) is 1. The summed E-state index contributed by atoms with van der Waals surface area (Å²) in [5.74, 6) is -1.64. The van der Waals surface area contributed by atoms with Gasteiger partial charge in [0.15, 0.2) is 0 Å². The van der Waals surface area contributed by atoms with Crippen LogP contribution in [0.2, 0.25) is 0 Å². The van der Waals surface area contributed by atoms with Crippen LogP contribution < -0.4 is 0 Å². The minimum atomic E-state index is -4.41. The number of benzene rings is 2. The normalized spacial score (nSPS) is 15.7. The molecule has 0 aliphatic carbocycles. The number of unbranched alkanes of at least 4 members (excludes halogenated alkanes) is 2. The number of carbonyl (C=O) groups is 3. The number of hydroxylamine groups is 2. The largest absolute Gasteiger partial charge is 0.333 e. The molecule has 2 aromatic rings. The van der Waals surface area contributed by atoms with E-state index in [1.54, 1.807) is 18.2 Å². The van der Waals surface area contributed by atoms with Gasteiger partial charge in [0.05, 0.1) is 0 Å². The fourth-order valence-corrected chi connectivity index (χ4v) is 5.50. The maximum absolute atomic E-state index is 12.1. The molecule has 36 heavy (non-hydrogen) atoms. The molecule has 0 radical (unpaired) electrons. The van der Waals surface area contributed by atoms with Crippen LogP contribution in [0.1, 0.15) is 63.0 Å². The van der Waals surface area contributed by atoms with Crippen LogP contribution in [0.25, 0.3) is 10.8 Å². The summed E-state index contributed by atoms with van der Waals surface area (Å²) in [7, 11) is -4.41. The average molecular weight is 514 g/mol. The van der Waals surface area contributed by atoms with Crippen LogP contribution in [0, 0.1) is 6.92 Å². The van der Waals surface area contributed by atoms with Crippen LogP contribution in [-0.2, 0) is 34.8 Å². The number of aryl methyl sites for hydroxylation is 1. The van der Waals surface area contributed by atoms with Crippen molar-refractivity contribution in [2.75, 3.05) is 0 Å². The van der Waals surface area contributed by atoms with Gasteiger partial charge in [0.25, 0.3) is 21.9 Å². The summed E-state index contributed by atoms with van der Waals surface area (Å²) < 4.78 is 33.7. The number of amides is 2. The Morgan fingerprint density at radius 2 is 1.78 bits per heavy atom. The van der Waals surface area contributed by atoms with Crippen molar-refractivity contribution in [3.63, 3.8) is 0 Å². The standard InChI is InChI=1S/C27H31NO7S/c1-5-19(3)27(4,17-8-6-7-12-25(31)35-28-23(29)15-16-24(28)30)26-18(2)13-14-20-21(26)10-9-11-22(20)36(32,33)34/h5,9-11,13-14H,1,3,6-8,12,15-17H2,2,4H3,(H,32,33,34). The van der Waals surface area contributed by atoms with Crippen LogP contribution in [0.3, 0.4) is 0 Å². The van der Waals surface area contributed by atoms with Crippen LogP contribution in [0.5, 0.6) is 0 Å². The Kier molecular flexibility index (Phi) is 8.15. The van der Waals surface area contributed by atoms with Gasteiger partial charge in [0, 0.05) is 30.1 Å². The molecule has 0 spiro atoms. The Morgan fingerprint density at radius 3 is 2.39 bits per heavy atom. The second kappa shape index (κ2) is 10.8. The lowest BCUT2D eigenvalue weighted by Gasteiger charge is -2.34. The smallest absolute Gasteiger partial charge is 0.330 e. The first-order chi connectivity index (χ1) is 16.9. The Hall–Kier alpha value is -3.30. The SMILES string of the molecule is C=CC(=C)C(C)(CCCCCC(=O)ON1C(=O)CCC1=O)c1c(C)ccc2c(S(=O)(=O)O)cccc12. The third-order valence-corrected chi connectivity index (χ3v) is 7.68. The van der Waals surface area contributed by atoms with Gasteiger partial charge in [-0.15, -0.1) is 5.06 Å². The lowest BCUT2D eigenvalue weighted by Crippen LogP contribution is -2.31. The van der Waals surface area contributed by atoms with Crippen molar-refractivity contribution in [3.05, 3.63) is 66.3 Å². The monoisotopic (exact) mass is 513 g/mol. The maximum atomic E-state index is 12.1. The van der Waals surface area contributed by atoms with Crippen LogP contribution in [0.4, 0.5) is 0 Å². The van der Waals surface area contributed by atoms with Crippen molar-refractivity contribution in [3.8, 4) is 0 Å². The number of imide groups is 1. The zero-order chi connectivity index (χ0) is 26.7. The summed E-state index contributed by atoms with van der Waals surface area (Å²) in [5.41, 5.74) is 2.03. The Balaban J connectivity index is 1.77. The van der Waals surface area contributed by atoms with E-state index in [-0.39, 0.29) is 24.2 Å². The van der Waals surface area contributed by atoms with Gasteiger partial charge in [0.1, 0.15) is 4.90 Å². The van der Waals surface area contributed by atoms with Crippen molar-refractivity contribution in [2.24, 2.45) is 0 Å². The molecule has 0 aromatic heterocycles. The molecule has 1 N–H and O–H groups in total. The third-order valence-electron chi connectivity index (χ3n) is 6.77. The van der Waals surface area contributed by atoms with Gasteiger partial charge in [-0.2, -0.15) is 8.42 Å². The number of hydrogen-bond donors (Lipinski definition) is 1. The first-order valence-corrected chi connectivity index (χ1v) is 13.2. The molecular formula is C27H31NO7S. The molecular weight excluding hydrogens is 482 g/mol. The summed E-state index contributed by atoms with van der Waals surface area (Å²) in [6.07, 6.45) is 4.41. The molecule has 1 aliphatic rings. The summed E-state index contributed by atoms with van der Waals surface area (Å²) in [4.78, 5) is 40.0. The van der Waals surface area contributed by atoms with Crippen molar-refractivity contribution < 1.29 is 32.2 Å². The van der Waals surface area contributed by atoms with E-state index >= 15 is 0 Å². The minimum absolute atomic E-state index is 0.0528. The quantitative estimate of drug-likeness (QED) is 0.195. The molecule has 1 saturated heterocycles. The number of hydrogen-bond acceptors (Lipinski definition) is 6. The molecule has 8 nitrogen and oxygen atoms in total. The highest BCUT2D eigenvalue weighted by molar-refractivity contribution is 7.86. The van der Waals surface area contributed by atoms with Gasteiger partial charge in [-0.1, -0.05) is 63.3 Å². The van der Waals surface area contributed by atoms with E-state index in [0.29, 0.717) is 41.5 Å². The van der Waals surface area contributed by atoms with Gasteiger partial charge < -0.3 is 4.84 Å². The zero-order valence-electron chi connectivity index (χ0n) is 20.6. The first-order valence-electron chi connectivity index (χ1n) is 11.8. The van der Waals surface area contributed by atoms with Crippen molar-refractivity contribution in [2.45, 2.75) is 69.1 Å². The molecule has 0 bridgehead atoms. The van der Waals surface area contributed by atoms with Gasteiger partial charge in [-0.05, 0) is 47.9 Å². The first kappa shape index (κ1) is 27.3. The predicted molar refractivity (Wildman–Crippen MR) is 135 cm³/mol. The Bertz CT molecular complexity index is 1330. The molecule has 9 heteroatoms. The van der Waals surface area contributed by atoms with Gasteiger partial charge in [-0.3, -0.25) is 14.1 Å². The summed E-state index contributed by atoms with van der Waals surface area (Å²) >= 11 is 0. The molecule has 1 heterocycles. The zero-order valence-corrected chi connectivity index (χ0v) is 21.4. The molecule has 2 amide bonds. The topological polar surface area (TPSA) is 118 Å². The van der Waals surface area contributed by atoms with E-state index in [2.05, 4.69) is 13.2 Å². The minimum Gasteiger partial charge on any atom is -0.330 e. The number of carbonyl (C=O) groups excluding carboxylic acids is 3. The highest BCUT2D eigenvalue weighted by Gasteiger charge is 2.34. The highest BCUT2D eigenvalue weighted by Crippen LogP contribution is 2.43. The van der Waals surface area contributed by atoms with Gasteiger partial charge >= 0.3 is 5.97 Å². The van der Waals surface area contributed by atoms with Crippen LogP contribution in [0.15, 0.2) is 60.0 Å². The van der Waals surface area contributed by atoms with Crippen molar-refractivity contribution >= 4 is 38.7 Å². The average Bonchev–Trinajstić information content (AvgIpc) is 3.13. The Morgan fingerprint density at radius 1 is 1.11 bits per heavy atom. The molecule has 192 valence electrons. The lowest BCUT2D eigenvalue weighted by atomic mass is 9.69. The number of allylic oxidation sites excluding steroid dienone is 2. The Labute approximate surface area is 211 Å². The maximum Gasteiger partial charge on any atom is 0.333 e. The van der Waals surface area contributed by atoms with Gasteiger partial charge in [-0.25, -0.2) is 4.79 Å². The molecule has 3 rings (SSSR count). The fraction of sp³-hybridized carbons (Fsp3) is 0.370. The van der Waals surface area contributed by atoms with Gasteiger partial charge in [0.2, 0.25) is 0 Å². The van der Waals surface area contributed by atoms with Crippen LogP contribution in [-0.4, -0.2) is 35.8 Å². The van der Waals surface area contributed by atoms with E-state index in [9.17, 15) is 27.4 Å². The van der Waals surface area contributed by atoms with E-state index < -0.39 is 33.3 Å². The number of fused-ring (bicyclic) bond motifs is 1. The van der Waals surface area contributed by atoms with E-state index in [4.69, 9.17) is 4.84 Å². The second-order valence-corrected chi connectivity index (χ2v) is 10.6. The van der Waals surface area contributed by atoms with Crippen molar-refractivity contribution in [1.29, 1.82) is 0 Å². The second-order valence-electron chi connectivity index (χ2n) is 9.25. The lowest BCUT2D eigenvalue weighted by molar-refractivity contribution is -0.197. The number of rotatable bonds is 11. The summed E-state index contributed by atoms with van der Waals surface area (Å²) in [5, 5.41) is 1.69. The molecule has 1 unspecified atom stereocenters. The van der Waals surface area contributed by atoms with E-state index in [1.165, 1.54) is 6.07 Å². The summed E-state index contributed by atoms with van der Waals surface area (Å²) in [6.45, 7) is 12.1. The predicted octanol–water partition coefficient (Wildman–Crippen LogP) is 4.95.